The Hall–Kier alpha value is -2.37. The third-order valence-corrected chi connectivity index (χ3v) is 3.33. The van der Waals surface area contributed by atoms with Crippen molar-refractivity contribution >= 4 is 23.4 Å². The van der Waals surface area contributed by atoms with E-state index >= 15 is 0 Å². The van der Waals surface area contributed by atoms with Crippen molar-refractivity contribution in [2.45, 2.75) is 13.0 Å². The number of rotatable bonds is 7. The minimum atomic E-state index is -0.294. The molecule has 0 aliphatic carbocycles. The van der Waals surface area contributed by atoms with Gasteiger partial charge in [-0.05, 0) is 23.8 Å². The average Bonchev–Trinajstić information content (AvgIpc) is 2.57. The maximum absolute atomic E-state index is 11.8. The zero-order chi connectivity index (χ0) is 16.5. The van der Waals surface area contributed by atoms with E-state index in [4.69, 9.17) is 11.6 Å². The first-order valence-corrected chi connectivity index (χ1v) is 7.62. The van der Waals surface area contributed by atoms with Crippen molar-refractivity contribution in [3.05, 3.63) is 70.7 Å². The highest BCUT2D eigenvalue weighted by Gasteiger charge is 2.05. The molecule has 2 rings (SSSR count). The van der Waals surface area contributed by atoms with E-state index in [1.165, 1.54) is 0 Å². The molecule has 2 aromatic carbocycles. The van der Waals surface area contributed by atoms with Crippen LogP contribution < -0.4 is 16.2 Å². The fourth-order valence-electron chi connectivity index (χ4n) is 1.91. The molecule has 120 valence electrons. The van der Waals surface area contributed by atoms with Gasteiger partial charge in [0, 0.05) is 30.1 Å². The van der Waals surface area contributed by atoms with Crippen LogP contribution in [-0.4, -0.2) is 18.4 Å². The maximum Gasteiger partial charge on any atom is 0.265 e. The molecule has 0 saturated heterocycles. The largest absolute Gasteiger partial charge is 0.352 e. The molecule has 0 bridgehead atoms. The fourth-order valence-corrected chi connectivity index (χ4v) is 2.10. The summed E-state index contributed by atoms with van der Waals surface area (Å²) in [4.78, 5) is 23.5. The number of halogens is 1. The first-order valence-electron chi connectivity index (χ1n) is 7.24. The van der Waals surface area contributed by atoms with E-state index in [1.807, 2.05) is 30.3 Å². The molecule has 3 N–H and O–H groups in total. The SMILES string of the molecule is O=C(CCNNC(=O)c1cccc(Cl)c1)NCc1ccccc1. The van der Waals surface area contributed by atoms with E-state index in [0.717, 1.165) is 5.56 Å². The Bertz CT molecular complexity index is 662. The highest BCUT2D eigenvalue weighted by atomic mass is 35.5. The molecular formula is C17H18ClN3O2. The molecule has 0 aliphatic heterocycles. The normalized spacial score (nSPS) is 10.1. The third-order valence-electron chi connectivity index (χ3n) is 3.10. The number of carbonyl (C=O) groups is 2. The van der Waals surface area contributed by atoms with Gasteiger partial charge in [-0.25, -0.2) is 5.43 Å². The van der Waals surface area contributed by atoms with E-state index in [9.17, 15) is 9.59 Å². The molecule has 0 saturated carbocycles. The van der Waals surface area contributed by atoms with Gasteiger partial charge in [-0.2, -0.15) is 0 Å². The fraction of sp³-hybridized carbons (Fsp3) is 0.176. The smallest absolute Gasteiger partial charge is 0.265 e. The lowest BCUT2D eigenvalue weighted by Crippen LogP contribution is -2.39. The van der Waals surface area contributed by atoms with E-state index < -0.39 is 0 Å². The van der Waals surface area contributed by atoms with Gasteiger partial charge in [0.1, 0.15) is 0 Å². The molecule has 0 radical (unpaired) electrons. The molecule has 5 nitrogen and oxygen atoms in total. The first kappa shape index (κ1) is 17.0. The minimum absolute atomic E-state index is 0.0849. The van der Waals surface area contributed by atoms with E-state index in [2.05, 4.69) is 16.2 Å². The summed E-state index contributed by atoms with van der Waals surface area (Å²) in [5, 5.41) is 3.32. The maximum atomic E-state index is 11.8. The van der Waals surface area contributed by atoms with Crippen LogP contribution in [-0.2, 0) is 11.3 Å². The van der Waals surface area contributed by atoms with Crippen LogP contribution in [0.25, 0.3) is 0 Å². The lowest BCUT2D eigenvalue weighted by molar-refractivity contribution is -0.121. The first-order chi connectivity index (χ1) is 11.1. The van der Waals surface area contributed by atoms with Crippen LogP contribution in [0.3, 0.4) is 0 Å². The summed E-state index contributed by atoms with van der Waals surface area (Å²) < 4.78 is 0. The molecule has 0 aliphatic rings. The van der Waals surface area contributed by atoms with Crippen LogP contribution in [0.15, 0.2) is 54.6 Å². The Kier molecular flexibility index (Phi) is 6.59. The molecule has 0 aromatic heterocycles. The van der Waals surface area contributed by atoms with Crippen LogP contribution in [0, 0.1) is 0 Å². The molecule has 0 fully saturated rings. The van der Waals surface area contributed by atoms with E-state index in [0.29, 0.717) is 23.7 Å². The number of carbonyl (C=O) groups excluding carboxylic acids is 2. The number of amides is 2. The summed E-state index contributed by atoms with van der Waals surface area (Å²) in [6, 6.07) is 16.3. The van der Waals surface area contributed by atoms with Gasteiger partial charge in [-0.3, -0.25) is 15.0 Å². The molecular weight excluding hydrogens is 314 g/mol. The number of hydrogen-bond acceptors (Lipinski definition) is 3. The van der Waals surface area contributed by atoms with Crippen molar-refractivity contribution < 1.29 is 9.59 Å². The molecule has 2 aromatic rings. The third kappa shape index (κ3) is 6.10. The second-order valence-electron chi connectivity index (χ2n) is 4.90. The van der Waals surface area contributed by atoms with Crippen LogP contribution in [0.1, 0.15) is 22.3 Å². The number of nitrogens with one attached hydrogen (secondary N) is 3. The second kappa shape index (κ2) is 8.92. The van der Waals surface area contributed by atoms with Gasteiger partial charge in [-0.15, -0.1) is 0 Å². The topological polar surface area (TPSA) is 70.2 Å². The van der Waals surface area contributed by atoms with Crippen molar-refractivity contribution in [3.63, 3.8) is 0 Å². The van der Waals surface area contributed by atoms with Crippen molar-refractivity contribution in [1.82, 2.24) is 16.2 Å². The Labute approximate surface area is 140 Å². The lowest BCUT2D eigenvalue weighted by atomic mass is 10.2. The van der Waals surface area contributed by atoms with Gasteiger partial charge in [0.05, 0.1) is 0 Å². The Morgan fingerprint density at radius 2 is 1.78 bits per heavy atom. The van der Waals surface area contributed by atoms with Gasteiger partial charge >= 0.3 is 0 Å². The van der Waals surface area contributed by atoms with Crippen LogP contribution >= 0.6 is 11.6 Å². The minimum Gasteiger partial charge on any atom is -0.352 e. The van der Waals surface area contributed by atoms with Gasteiger partial charge in [0.2, 0.25) is 5.91 Å². The van der Waals surface area contributed by atoms with Crippen molar-refractivity contribution in [3.8, 4) is 0 Å². The monoisotopic (exact) mass is 331 g/mol. The standard InChI is InChI=1S/C17H18ClN3O2/c18-15-8-4-7-14(11-15)17(23)21-20-10-9-16(22)19-12-13-5-2-1-3-6-13/h1-8,11,20H,9-10,12H2,(H,19,22)(H,21,23). The zero-order valence-electron chi connectivity index (χ0n) is 12.5. The number of hydrogen-bond donors (Lipinski definition) is 3. The van der Waals surface area contributed by atoms with Crippen LogP contribution in [0.2, 0.25) is 5.02 Å². The molecule has 23 heavy (non-hydrogen) atoms. The summed E-state index contributed by atoms with van der Waals surface area (Å²) in [5.41, 5.74) is 6.76. The predicted molar refractivity (Wildman–Crippen MR) is 89.8 cm³/mol. The van der Waals surface area contributed by atoms with Gasteiger partial charge in [-0.1, -0.05) is 48.0 Å². The number of benzene rings is 2. The highest BCUT2D eigenvalue weighted by Crippen LogP contribution is 2.10. The van der Waals surface area contributed by atoms with Gasteiger partial charge < -0.3 is 5.32 Å². The van der Waals surface area contributed by atoms with E-state index in [1.54, 1.807) is 24.3 Å². The molecule has 6 heteroatoms. The Morgan fingerprint density at radius 3 is 2.52 bits per heavy atom. The van der Waals surface area contributed by atoms with Crippen LogP contribution in [0.5, 0.6) is 0 Å². The molecule has 0 unspecified atom stereocenters. The van der Waals surface area contributed by atoms with E-state index in [-0.39, 0.29) is 18.2 Å². The second-order valence-corrected chi connectivity index (χ2v) is 5.34. The summed E-state index contributed by atoms with van der Waals surface area (Å²) >= 11 is 5.82. The molecule has 0 spiro atoms. The zero-order valence-corrected chi connectivity index (χ0v) is 13.3. The summed E-state index contributed by atoms with van der Waals surface area (Å²) in [6.07, 6.45) is 0.267. The summed E-state index contributed by atoms with van der Waals surface area (Å²) in [7, 11) is 0. The van der Waals surface area contributed by atoms with Crippen molar-refractivity contribution in [1.29, 1.82) is 0 Å². The number of hydrazine groups is 1. The lowest BCUT2D eigenvalue weighted by Gasteiger charge is -2.08. The highest BCUT2D eigenvalue weighted by molar-refractivity contribution is 6.30. The Morgan fingerprint density at radius 1 is 1.00 bits per heavy atom. The molecule has 0 atom stereocenters. The van der Waals surface area contributed by atoms with Crippen LogP contribution in [0.4, 0.5) is 0 Å². The van der Waals surface area contributed by atoms with Crippen molar-refractivity contribution in [2.75, 3.05) is 6.54 Å². The van der Waals surface area contributed by atoms with Gasteiger partial charge in [0.15, 0.2) is 0 Å². The summed E-state index contributed by atoms with van der Waals surface area (Å²) in [6.45, 7) is 0.835. The average molecular weight is 332 g/mol. The molecule has 0 heterocycles. The van der Waals surface area contributed by atoms with Crippen molar-refractivity contribution in [2.24, 2.45) is 0 Å². The van der Waals surface area contributed by atoms with Gasteiger partial charge in [0.25, 0.3) is 5.91 Å². The molecule has 2 amide bonds. The Balaban J connectivity index is 1.63. The summed E-state index contributed by atoms with van der Waals surface area (Å²) in [5.74, 6) is -0.379. The quantitative estimate of drug-likeness (QED) is 0.538. The predicted octanol–water partition coefficient (Wildman–Crippen LogP) is 2.28.